The van der Waals surface area contributed by atoms with Crippen molar-refractivity contribution in [3.8, 4) is 5.75 Å². The Morgan fingerprint density at radius 1 is 1.27 bits per heavy atom. The van der Waals surface area contributed by atoms with Gasteiger partial charge in [-0.25, -0.2) is 4.98 Å². The zero-order valence-electron chi connectivity index (χ0n) is 14.3. The largest absolute Gasteiger partial charge is 0.497 e. The van der Waals surface area contributed by atoms with E-state index >= 15 is 0 Å². The van der Waals surface area contributed by atoms with E-state index in [-0.39, 0.29) is 17.1 Å². The summed E-state index contributed by atoms with van der Waals surface area (Å²) in [5, 5.41) is 1.25. The number of hydrogen-bond donors (Lipinski definition) is 1. The van der Waals surface area contributed by atoms with Gasteiger partial charge in [0.15, 0.2) is 10.9 Å². The van der Waals surface area contributed by atoms with Gasteiger partial charge in [0.25, 0.3) is 5.56 Å². The number of benzene rings is 1. The molecule has 0 amide bonds. The van der Waals surface area contributed by atoms with Gasteiger partial charge >= 0.3 is 0 Å². The molecule has 0 aliphatic heterocycles. The van der Waals surface area contributed by atoms with Gasteiger partial charge in [0.1, 0.15) is 10.6 Å². The zero-order valence-corrected chi connectivity index (χ0v) is 16.0. The summed E-state index contributed by atoms with van der Waals surface area (Å²) in [6.45, 7) is 0. The summed E-state index contributed by atoms with van der Waals surface area (Å²) in [6, 6.07) is 7.02. The average molecular weight is 386 g/mol. The van der Waals surface area contributed by atoms with Gasteiger partial charge in [0, 0.05) is 10.4 Å². The molecule has 26 heavy (non-hydrogen) atoms. The summed E-state index contributed by atoms with van der Waals surface area (Å²) in [6.07, 6.45) is 4.30. The molecule has 0 saturated heterocycles. The monoisotopic (exact) mass is 386 g/mol. The number of hydrogen-bond acceptors (Lipinski definition) is 6. The molecule has 0 radical (unpaired) electrons. The molecule has 0 unspecified atom stereocenters. The highest BCUT2D eigenvalue weighted by Gasteiger charge is 2.20. The molecule has 1 aliphatic rings. The first kappa shape index (κ1) is 17.3. The molecule has 3 aromatic rings. The van der Waals surface area contributed by atoms with E-state index in [1.807, 2.05) is 0 Å². The minimum Gasteiger partial charge on any atom is -0.497 e. The van der Waals surface area contributed by atoms with Crippen LogP contribution >= 0.6 is 23.1 Å². The maximum atomic E-state index is 12.5. The van der Waals surface area contributed by atoms with Crippen molar-refractivity contribution in [1.29, 1.82) is 0 Å². The van der Waals surface area contributed by atoms with Crippen molar-refractivity contribution in [1.82, 2.24) is 9.97 Å². The van der Waals surface area contributed by atoms with Crippen LogP contribution in [0.5, 0.6) is 5.75 Å². The standard InChI is InChI=1S/C19H18N2O3S2/c1-24-12-8-6-11(7-9-12)14(22)10-25-19-20-17(23)16-13-4-2-3-5-15(13)26-18(16)21-19/h6-9H,2-5,10H2,1H3,(H,20,21,23). The molecule has 2 aromatic heterocycles. The van der Waals surface area contributed by atoms with Crippen LogP contribution in [0.15, 0.2) is 34.2 Å². The number of carbonyl (C=O) groups is 1. The van der Waals surface area contributed by atoms with Gasteiger partial charge in [0.05, 0.1) is 18.2 Å². The Hall–Kier alpha value is -2.12. The third-order valence-corrected chi connectivity index (χ3v) is 6.61. The second-order valence-electron chi connectivity index (χ2n) is 6.20. The number of fused-ring (bicyclic) bond motifs is 3. The molecule has 0 atom stereocenters. The van der Waals surface area contributed by atoms with Crippen LogP contribution in [0.1, 0.15) is 33.6 Å². The molecular formula is C19H18N2O3S2. The summed E-state index contributed by atoms with van der Waals surface area (Å²) in [4.78, 5) is 34.4. The second kappa shape index (κ2) is 7.25. The van der Waals surface area contributed by atoms with E-state index in [1.54, 1.807) is 42.7 Å². The van der Waals surface area contributed by atoms with Crippen molar-refractivity contribution < 1.29 is 9.53 Å². The third kappa shape index (κ3) is 3.29. The van der Waals surface area contributed by atoms with Gasteiger partial charge in [-0.3, -0.25) is 9.59 Å². The molecule has 1 aromatic carbocycles. The first-order valence-corrected chi connectivity index (χ1v) is 10.3. The highest BCUT2D eigenvalue weighted by Crippen LogP contribution is 2.34. The molecule has 0 fully saturated rings. The van der Waals surface area contributed by atoms with Crippen LogP contribution in [0, 0.1) is 0 Å². The van der Waals surface area contributed by atoms with Crippen LogP contribution in [0.2, 0.25) is 0 Å². The fourth-order valence-corrected chi connectivity index (χ4v) is 5.28. The highest BCUT2D eigenvalue weighted by atomic mass is 32.2. The van der Waals surface area contributed by atoms with Crippen LogP contribution < -0.4 is 10.3 Å². The normalized spacial score (nSPS) is 13.6. The van der Waals surface area contributed by atoms with Crippen molar-refractivity contribution >= 4 is 39.1 Å². The Bertz CT molecular complexity index is 1020. The summed E-state index contributed by atoms with van der Waals surface area (Å²) in [5.41, 5.74) is 1.71. The number of carbonyl (C=O) groups excluding carboxylic acids is 1. The Kier molecular flexibility index (Phi) is 4.82. The lowest BCUT2D eigenvalue weighted by molar-refractivity contribution is 0.102. The summed E-state index contributed by atoms with van der Waals surface area (Å²) < 4.78 is 5.10. The van der Waals surface area contributed by atoms with E-state index in [0.717, 1.165) is 29.5 Å². The smallest absolute Gasteiger partial charge is 0.260 e. The number of rotatable bonds is 5. The molecule has 0 spiro atoms. The summed E-state index contributed by atoms with van der Waals surface area (Å²) in [7, 11) is 1.59. The van der Waals surface area contributed by atoms with Gasteiger partial charge in [-0.2, -0.15) is 0 Å². The Morgan fingerprint density at radius 2 is 2.04 bits per heavy atom. The zero-order chi connectivity index (χ0) is 18.1. The lowest BCUT2D eigenvalue weighted by atomic mass is 9.97. The van der Waals surface area contributed by atoms with Crippen LogP contribution in [0.25, 0.3) is 10.2 Å². The summed E-state index contributed by atoms with van der Waals surface area (Å²) in [5.74, 6) is 0.935. The van der Waals surface area contributed by atoms with Crippen LogP contribution in [0.4, 0.5) is 0 Å². The fourth-order valence-electron chi connectivity index (χ4n) is 3.21. The van der Waals surface area contributed by atoms with E-state index in [4.69, 9.17) is 4.74 Å². The van der Waals surface area contributed by atoms with Crippen LogP contribution in [-0.4, -0.2) is 28.6 Å². The van der Waals surface area contributed by atoms with Crippen LogP contribution in [0.3, 0.4) is 0 Å². The lowest BCUT2D eigenvalue weighted by Gasteiger charge is -2.09. The average Bonchev–Trinajstić information content (AvgIpc) is 3.05. The van der Waals surface area contributed by atoms with Crippen molar-refractivity contribution in [2.75, 3.05) is 12.9 Å². The molecule has 0 saturated carbocycles. The van der Waals surface area contributed by atoms with E-state index in [1.165, 1.54) is 28.6 Å². The number of methoxy groups -OCH3 is 1. The molecule has 7 heteroatoms. The predicted octanol–water partition coefficient (Wildman–Crippen LogP) is 3.85. The predicted molar refractivity (Wildman–Crippen MR) is 105 cm³/mol. The molecule has 2 heterocycles. The highest BCUT2D eigenvalue weighted by molar-refractivity contribution is 7.99. The minimum atomic E-state index is -0.0891. The minimum absolute atomic E-state index is 0.00845. The van der Waals surface area contributed by atoms with Gasteiger partial charge < -0.3 is 9.72 Å². The molecule has 1 N–H and O–H groups in total. The number of aromatic nitrogens is 2. The number of nitrogens with one attached hydrogen (secondary N) is 1. The lowest BCUT2D eigenvalue weighted by Crippen LogP contribution is -2.11. The number of Topliss-reactive ketones (excluding diaryl/α,β-unsaturated/α-hetero) is 1. The Balaban J connectivity index is 1.53. The van der Waals surface area contributed by atoms with E-state index in [2.05, 4.69) is 9.97 Å². The molecular weight excluding hydrogens is 368 g/mol. The first-order valence-electron chi connectivity index (χ1n) is 8.50. The Morgan fingerprint density at radius 3 is 2.81 bits per heavy atom. The van der Waals surface area contributed by atoms with E-state index in [0.29, 0.717) is 16.5 Å². The number of ketones is 1. The maximum Gasteiger partial charge on any atom is 0.260 e. The van der Waals surface area contributed by atoms with Crippen molar-refractivity contribution in [2.45, 2.75) is 30.8 Å². The maximum absolute atomic E-state index is 12.5. The number of H-pyrrole nitrogens is 1. The molecule has 1 aliphatic carbocycles. The first-order chi connectivity index (χ1) is 12.7. The van der Waals surface area contributed by atoms with Crippen molar-refractivity contribution in [2.24, 2.45) is 0 Å². The topological polar surface area (TPSA) is 72.0 Å². The number of ether oxygens (including phenoxy) is 1. The molecule has 4 rings (SSSR count). The third-order valence-electron chi connectivity index (χ3n) is 4.56. The van der Waals surface area contributed by atoms with Crippen LogP contribution in [-0.2, 0) is 12.8 Å². The number of thioether (sulfide) groups is 1. The van der Waals surface area contributed by atoms with Gasteiger partial charge in [-0.15, -0.1) is 11.3 Å². The molecule has 0 bridgehead atoms. The SMILES string of the molecule is COc1ccc(C(=O)CSc2nc3sc4c(c3c(=O)[nH]2)CCCC4)cc1. The quantitative estimate of drug-likeness (QED) is 0.410. The Labute approximate surface area is 158 Å². The van der Waals surface area contributed by atoms with Gasteiger partial charge in [0.2, 0.25) is 0 Å². The number of thiophene rings is 1. The number of aryl methyl sites for hydroxylation is 2. The van der Waals surface area contributed by atoms with Gasteiger partial charge in [-0.1, -0.05) is 11.8 Å². The van der Waals surface area contributed by atoms with E-state index < -0.39 is 0 Å². The van der Waals surface area contributed by atoms with Gasteiger partial charge in [-0.05, 0) is 55.5 Å². The molecule has 5 nitrogen and oxygen atoms in total. The number of aromatic amines is 1. The van der Waals surface area contributed by atoms with E-state index in [9.17, 15) is 9.59 Å². The number of nitrogens with zero attached hydrogens (tertiary/aromatic N) is 1. The van der Waals surface area contributed by atoms with Crippen molar-refractivity contribution in [3.63, 3.8) is 0 Å². The molecule has 134 valence electrons. The summed E-state index contributed by atoms with van der Waals surface area (Å²) >= 11 is 2.89. The fraction of sp³-hybridized carbons (Fsp3) is 0.316. The second-order valence-corrected chi connectivity index (χ2v) is 8.25. The van der Waals surface area contributed by atoms with Crippen molar-refractivity contribution in [3.05, 3.63) is 50.6 Å².